The molecule has 0 radical (unpaired) electrons. The van der Waals surface area contributed by atoms with Crippen molar-refractivity contribution in [2.24, 2.45) is 0 Å². The number of aliphatic hydroxyl groups excluding tert-OH is 1. The van der Waals surface area contributed by atoms with Gasteiger partial charge in [0.15, 0.2) is 11.6 Å². The molecule has 2 aromatic carbocycles. The van der Waals surface area contributed by atoms with Crippen LogP contribution in [0.4, 0.5) is 4.39 Å². The van der Waals surface area contributed by atoms with E-state index in [0.29, 0.717) is 5.56 Å². The van der Waals surface area contributed by atoms with Gasteiger partial charge in [-0.2, -0.15) is 0 Å². The van der Waals surface area contributed by atoms with E-state index in [1.54, 1.807) is 12.1 Å². The molecular formula is C20H24FNO2. The van der Waals surface area contributed by atoms with E-state index in [2.05, 4.69) is 4.90 Å². The van der Waals surface area contributed by atoms with Gasteiger partial charge in [0, 0.05) is 12.5 Å². The first kappa shape index (κ1) is 16.9. The van der Waals surface area contributed by atoms with E-state index in [1.807, 2.05) is 30.3 Å². The van der Waals surface area contributed by atoms with Crippen molar-refractivity contribution >= 4 is 0 Å². The normalized spacial score (nSPS) is 17.6. The summed E-state index contributed by atoms with van der Waals surface area (Å²) in [4.78, 5) is 2.38. The lowest BCUT2D eigenvalue weighted by Gasteiger charge is -2.28. The van der Waals surface area contributed by atoms with Gasteiger partial charge in [-0.1, -0.05) is 36.4 Å². The van der Waals surface area contributed by atoms with Crippen LogP contribution in [0.3, 0.4) is 0 Å². The smallest absolute Gasteiger partial charge is 0.165 e. The largest absolute Gasteiger partial charge is 0.494 e. The molecule has 1 saturated heterocycles. The summed E-state index contributed by atoms with van der Waals surface area (Å²) in [6.45, 7) is 2.90. The van der Waals surface area contributed by atoms with Crippen LogP contribution in [0.2, 0.25) is 0 Å². The molecule has 0 aliphatic carbocycles. The van der Waals surface area contributed by atoms with Crippen molar-refractivity contribution in [2.75, 3.05) is 26.7 Å². The Balaban J connectivity index is 1.87. The number of halogens is 1. The van der Waals surface area contributed by atoms with Gasteiger partial charge in [0.05, 0.1) is 13.2 Å². The standard InChI is InChI=1S/C20H24FNO2/c1-24-19-10-9-16(13-18(19)21)20(23)17(14-22-11-5-6-12-22)15-7-3-2-4-8-15/h2-4,7-10,13,17,20,23H,5-6,11-12,14H2,1H3/t17-,20+/m0/s1. The zero-order chi connectivity index (χ0) is 16.9. The number of nitrogens with zero attached hydrogens (tertiary/aromatic N) is 1. The van der Waals surface area contributed by atoms with Crippen molar-refractivity contribution in [2.45, 2.75) is 24.9 Å². The first-order valence-corrected chi connectivity index (χ1v) is 8.48. The molecule has 0 amide bonds. The van der Waals surface area contributed by atoms with Crippen molar-refractivity contribution in [3.8, 4) is 5.75 Å². The Hall–Kier alpha value is -1.91. The highest BCUT2D eigenvalue weighted by molar-refractivity contribution is 5.33. The zero-order valence-corrected chi connectivity index (χ0v) is 14.0. The van der Waals surface area contributed by atoms with E-state index in [9.17, 15) is 9.50 Å². The molecule has 0 saturated carbocycles. The average molecular weight is 329 g/mol. The Kier molecular flexibility index (Phi) is 5.48. The number of likely N-dealkylation sites (tertiary alicyclic amines) is 1. The summed E-state index contributed by atoms with van der Waals surface area (Å²) in [6.07, 6.45) is 1.65. The number of ether oxygens (including phenoxy) is 1. The van der Waals surface area contributed by atoms with Crippen molar-refractivity contribution < 1.29 is 14.2 Å². The Labute approximate surface area is 142 Å². The lowest BCUT2D eigenvalue weighted by Crippen LogP contribution is -2.29. The molecule has 3 rings (SSSR count). The molecular weight excluding hydrogens is 305 g/mol. The van der Waals surface area contributed by atoms with Gasteiger partial charge in [-0.15, -0.1) is 0 Å². The Morgan fingerprint density at radius 1 is 1.08 bits per heavy atom. The van der Waals surface area contributed by atoms with E-state index in [4.69, 9.17) is 4.74 Å². The lowest BCUT2D eigenvalue weighted by atomic mass is 9.88. The minimum Gasteiger partial charge on any atom is -0.494 e. The summed E-state index contributed by atoms with van der Waals surface area (Å²) in [7, 11) is 1.44. The number of aliphatic hydroxyl groups is 1. The lowest BCUT2D eigenvalue weighted by molar-refractivity contribution is 0.122. The van der Waals surface area contributed by atoms with E-state index in [1.165, 1.54) is 26.0 Å². The molecule has 0 spiro atoms. The first-order chi connectivity index (χ1) is 11.7. The highest BCUT2D eigenvalue weighted by Crippen LogP contribution is 2.34. The number of rotatable bonds is 6. The number of hydrogen-bond donors (Lipinski definition) is 1. The molecule has 24 heavy (non-hydrogen) atoms. The molecule has 0 bridgehead atoms. The highest BCUT2D eigenvalue weighted by atomic mass is 19.1. The molecule has 1 N–H and O–H groups in total. The fourth-order valence-corrected chi connectivity index (χ4v) is 3.43. The maximum atomic E-state index is 14.0. The van der Waals surface area contributed by atoms with Crippen molar-refractivity contribution in [1.29, 1.82) is 0 Å². The van der Waals surface area contributed by atoms with E-state index in [0.717, 1.165) is 25.2 Å². The SMILES string of the molecule is COc1ccc([C@@H](O)[C@@H](CN2CCCC2)c2ccccc2)cc1F. The molecule has 2 aromatic rings. The summed E-state index contributed by atoms with van der Waals surface area (Å²) in [5.41, 5.74) is 1.66. The van der Waals surface area contributed by atoms with Crippen molar-refractivity contribution in [3.63, 3.8) is 0 Å². The van der Waals surface area contributed by atoms with Gasteiger partial charge in [0.1, 0.15) is 0 Å². The predicted molar refractivity (Wildman–Crippen MR) is 92.8 cm³/mol. The van der Waals surface area contributed by atoms with Crippen molar-refractivity contribution in [3.05, 3.63) is 65.5 Å². The number of hydrogen-bond acceptors (Lipinski definition) is 3. The van der Waals surface area contributed by atoms with Crippen LogP contribution < -0.4 is 4.74 Å². The van der Waals surface area contributed by atoms with E-state index < -0.39 is 11.9 Å². The van der Waals surface area contributed by atoms with Crippen molar-refractivity contribution in [1.82, 2.24) is 4.90 Å². The quantitative estimate of drug-likeness (QED) is 0.876. The fourth-order valence-electron chi connectivity index (χ4n) is 3.43. The third-order valence-corrected chi connectivity index (χ3v) is 4.78. The van der Waals surface area contributed by atoms with Crippen LogP contribution in [0.25, 0.3) is 0 Å². The third kappa shape index (κ3) is 3.77. The summed E-state index contributed by atoms with van der Waals surface area (Å²) in [5, 5.41) is 10.9. The van der Waals surface area contributed by atoms with Crippen LogP contribution in [0.1, 0.15) is 36.0 Å². The topological polar surface area (TPSA) is 32.7 Å². The second kappa shape index (κ2) is 7.77. The highest BCUT2D eigenvalue weighted by Gasteiger charge is 2.27. The van der Waals surface area contributed by atoms with Crippen LogP contribution in [0, 0.1) is 5.82 Å². The first-order valence-electron chi connectivity index (χ1n) is 8.48. The number of methoxy groups -OCH3 is 1. The van der Waals surface area contributed by atoms with Crippen LogP contribution >= 0.6 is 0 Å². The fraction of sp³-hybridized carbons (Fsp3) is 0.400. The molecule has 1 fully saturated rings. The molecule has 1 aliphatic heterocycles. The summed E-state index contributed by atoms with van der Waals surface area (Å²) in [5.74, 6) is -0.333. The van der Waals surface area contributed by atoms with Gasteiger partial charge in [-0.25, -0.2) is 4.39 Å². The minimum atomic E-state index is -0.756. The Morgan fingerprint density at radius 2 is 1.79 bits per heavy atom. The summed E-state index contributed by atoms with van der Waals surface area (Å²) < 4.78 is 19.0. The van der Waals surface area contributed by atoms with Crippen LogP contribution in [0.15, 0.2) is 48.5 Å². The Morgan fingerprint density at radius 3 is 2.42 bits per heavy atom. The van der Waals surface area contributed by atoms with Gasteiger partial charge in [-0.05, 0) is 49.2 Å². The third-order valence-electron chi connectivity index (χ3n) is 4.78. The maximum absolute atomic E-state index is 14.0. The second-order valence-corrected chi connectivity index (χ2v) is 6.36. The minimum absolute atomic E-state index is 0.0860. The molecule has 0 unspecified atom stereocenters. The van der Waals surface area contributed by atoms with Gasteiger partial charge in [-0.3, -0.25) is 0 Å². The second-order valence-electron chi connectivity index (χ2n) is 6.36. The van der Waals surface area contributed by atoms with Crippen LogP contribution in [-0.4, -0.2) is 36.8 Å². The van der Waals surface area contributed by atoms with Crippen LogP contribution in [-0.2, 0) is 0 Å². The zero-order valence-electron chi connectivity index (χ0n) is 14.0. The molecule has 0 aromatic heterocycles. The van der Waals surface area contributed by atoms with Gasteiger partial charge >= 0.3 is 0 Å². The molecule has 3 nitrogen and oxygen atoms in total. The predicted octanol–water partition coefficient (Wildman–Crippen LogP) is 3.75. The van der Waals surface area contributed by atoms with Gasteiger partial charge in [0.25, 0.3) is 0 Å². The molecule has 128 valence electrons. The molecule has 2 atom stereocenters. The van der Waals surface area contributed by atoms with Gasteiger partial charge < -0.3 is 14.7 Å². The van der Waals surface area contributed by atoms with E-state index in [-0.39, 0.29) is 11.7 Å². The molecule has 1 heterocycles. The maximum Gasteiger partial charge on any atom is 0.165 e. The monoisotopic (exact) mass is 329 g/mol. The van der Waals surface area contributed by atoms with E-state index >= 15 is 0 Å². The van der Waals surface area contributed by atoms with Crippen LogP contribution in [0.5, 0.6) is 5.75 Å². The summed E-state index contributed by atoms with van der Waals surface area (Å²) in [6, 6.07) is 14.7. The average Bonchev–Trinajstić information content (AvgIpc) is 3.13. The number of benzene rings is 2. The molecule has 4 heteroatoms. The Bertz CT molecular complexity index is 656. The summed E-state index contributed by atoms with van der Waals surface area (Å²) >= 11 is 0. The molecule has 1 aliphatic rings. The van der Waals surface area contributed by atoms with Gasteiger partial charge in [0.2, 0.25) is 0 Å².